The van der Waals surface area contributed by atoms with Gasteiger partial charge in [-0.1, -0.05) is 0 Å². The van der Waals surface area contributed by atoms with Crippen molar-refractivity contribution in [2.75, 3.05) is 0 Å². The topological polar surface area (TPSA) is 115 Å². The van der Waals surface area contributed by atoms with Crippen LogP contribution in [-0.2, 0) is 40.5 Å². The second-order valence-corrected chi connectivity index (χ2v) is 5.29. The van der Waals surface area contributed by atoms with Crippen molar-refractivity contribution in [1.29, 1.82) is 0 Å². The standard InChI is InChI=1S/K.Na.2H2O3S2.2H/c;;2*1-5(2,3)4;;/h;;2*(H2,1,2,3,4);;/q2*+1;;;2*-1. The van der Waals surface area contributed by atoms with Gasteiger partial charge in [0, 0.05) is 22.4 Å². The van der Waals surface area contributed by atoms with Crippen LogP contribution >= 0.6 is 0 Å². The van der Waals surface area contributed by atoms with Crippen LogP contribution in [-0.4, -0.2) is 26.6 Å². The molecule has 0 unspecified atom stereocenters. The molecule has 0 aliphatic rings. The Morgan fingerprint density at radius 1 is 0.917 bits per heavy atom. The number of rotatable bonds is 0. The molecular formula is H6KNaO6S4. The summed E-state index contributed by atoms with van der Waals surface area (Å²) in [4.78, 5) is 0. The van der Waals surface area contributed by atoms with Gasteiger partial charge in [-0.2, -0.15) is 8.42 Å². The van der Waals surface area contributed by atoms with Gasteiger partial charge in [-0.05, 0) is 0 Å². The van der Waals surface area contributed by atoms with Crippen LogP contribution in [0.1, 0.15) is 2.85 Å². The Morgan fingerprint density at radius 2 is 0.917 bits per heavy atom. The molecule has 12 heavy (non-hydrogen) atoms. The number of hydrogen-bond acceptors (Lipinski definition) is 4. The predicted molar refractivity (Wildman–Crippen MR) is 43.8 cm³/mol. The second kappa shape index (κ2) is 10.7. The third-order valence-corrected chi connectivity index (χ3v) is 0. The molecule has 0 saturated heterocycles. The zero-order chi connectivity index (χ0) is 9.00. The van der Waals surface area contributed by atoms with E-state index in [0.717, 1.165) is 0 Å². The van der Waals surface area contributed by atoms with E-state index in [1.54, 1.807) is 0 Å². The molecule has 4 N–H and O–H groups in total. The van der Waals surface area contributed by atoms with E-state index >= 15 is 0 Å². The van der Waals surface area contributed by atoms with Crippen LogP contribution in [0.15, 0.2) is 0 Å². The van der Waals surface area contributed by atoms with Crippen molar-refractivity contribution in [1.82, 2.24) is 0 Å². The maximum atomic E-state index is 9.11. The summed E-state index contributed by atoms with van der Waals surface area (Å²) in [7, 11) is -7.67. The van der Waals surface area contributed by atoms with Crippen molar-refractivity contribution in [3.8, 4) is 0 Å². The first kappa shape index (κ1) is 24.4. The van der Waals surface area contributed by atoms with Gasteiger partial charge in [0.1, 0.15) is 0 Å². The van der Waals surface area contributed by atoms with Crippen LogP contribution in [0, 0.1) is 0 Å². The SMILES string of the molecule is O=S(O)(O)=S.O=S(O)(O)=S.[H-].[H-].[K+].[Na+]. The summed E-state index contributed by atoms with van der Waals surface area (Å²) >= 11 is 6.93. The molecule has 0 atom stereocenters. The summed E-state index contributed by atoms with van der Waals surface area (Å²) in [5, 5.41) is 0. The molecular weight excluding hydrogens is 286 g/mol. The van der Waals surface area contributed by atoms with Crippen molar-refractivity contribution in [2.24, 2.45) is 0 Å². The Morgan fingerprint density at radius 3 is 0.917 bits per heavy atom. The second-order valence-electron chi connectivity index (χ2n) is 0.896. The summed E-state index contributed by atoms with van der Waals surface area (Å²) in [6.07, 6.45) is 0. The fraction of sp³-hybridized carbons (Fsp3) is 0. The number of hydrogen-bond donors (Lipinski definition) is 4. The van der Waals surface area contributed by atoms with Gasteiger partial charge in [-0.3, -0.25) is 18.2 Å². The Kier molecular flexibility index (Phi) is 21.8. The van der Waals surface area contributed by atoms with Gasteiger partial charge in [0.05, 0.1) is 0 Å². The molecule has 12 heteroatoms. The summed E-state index contributed by atoms with van der Waals surface area (Å²) in [6, 6.07) is 0. The summed E-state index contributed by atoms with van der Waals surface area (Å²) < 4.78 is 47.9. The van der Waals surface area contributed by atoms with E-state index in [4.69, 9.17) is 26.6 Å². The van der Waals surface area contributed by atoms with Gasteiger partial charge in [-0.15, -0.1) is 0 Å². The van der Waals surface area contributed by atoms with Gasteiger partial charge in [0.25, 0.3) is 18.1 Å². The third kappa shape index (κ3) is 191. The quantitative estimate of drug-likeness (QED) is 0.326. The van der Waals surface area contributed by atoms with E-state index in [2.05, 4.69) is 22.4 Å². The van der Waals surface area contributed by atoms with E-state index in [1.807, 2.05) is 0 Å². The summed E-state index contributed by atoms with van der Waals surface area (Å²) in [6.45, 7) is 0. The Labute approximate surface area is 148 Å². The molecule has 0 fully saturated rings. The maximum absolute atomic E-state index is 9.11. The molecule has 0 aliphatic carbocycles. The third-order valence-electron chi connectivity index (χ3n) is 0. The molecule has 0 amide bonds. The predicted octanol–water partition coefficient (Wildman–Crippen LogP) is -6.41. The first-order valence-corrected chi connectivity index (χ1v) is 6.19. The molecule has 0 aromatic heterocycles. The summed E-state index contributed by atoms with van der Waals surface area (Å²) in [5.74, 6) is 0. The Hall–Kier alpha value is 3.22. The molecule has 0 spiro atoms. The molecule has 6 nitrogen and oxygen atoms in total. The van der Waals surface area contributed by atoms with Gasteiger partial charge in [0.15, 0.2) is 0 Å². The van der Waals surface area contributed by atoms with Crippen LogP contribution < -0.4 is 80.9 Å². The Bertz CT molecular complexity index is 224. The fourth-order valence-electron chi connectivity index (χ4n) is 0. The first-order chi connectivity index (χ1) is 4.00. The van der Waals surface area contributed by atoms with Crippen molar-refractivity contribution >= 4 is 40.5 Å². The monoisotopic (exact) mass is 292 g/mol. The minimum absolute atomic E-state index is 0. The van der Waals surface area contributed by atoms with E-state index in [0.29, 0.717) is 0 Å². The van der Waals surface area contributed by atoms with Gasteiger partial charge >= 0.3 is 80.9 Å². The van der Waals surface area contributed by atoms with E-state index in [9.17, 15) is 0 Å². The molecule has 0 aromatic carbocycles. The average Bonchev–Trinajstić information content (AvgIpc) is 1.12. The van der Waals surface area contributed by atoms with Crippen LogP contribution in [0.4, 0.5) is 0 Å². The van der Waals surface area contributed by atoms with Crippen LogP contribution in [0.25, 0.3) is 0 Å². The van der Waals surface area contributed by atoms with Crippen LogP contribution in [0.3, 0.4) is 0 Å². The fourth-order valence-corrected chi connectivity index (χ4v) is 0. The van der Waals surface area contributed by atoms with Crippen molar-refractivity contribution in [3.05, 3.63) is 0 Å². The van der Waals surface area contributed by atoms with E-state index in [1.165, 1.54) is 0 Å². The van der Waals surface area contributed by atoms with Crippen molar-refractivity contribution in [2.45, 2.75) is 0 Å². The molecule has 0 aromatic rings. The van der Waals surface area contributed by atoms with E-state index in [-0.39, 0.29) is 83.8 Å². The van der Waals surface area contributed by atoms with Crippen LogP contribution in [0.5, 0.6) is 0 Å². The molecule has 0 bridgehead atoms. The van der Waals surface area contributed by atoms with E-state index < -0.39 is 18.1 Å². The molecule has 0 radical (unpaired) electrons. The average molecular weight is 292 g/mol. The minimum Gasteiger partial charge on any atom is -1.00 e. The first-order valence-electron chi connectivity index (χ1n) is 1.40. The zero-order valence-corrected chi connectivity index (χ0v) is 14.6. The molecule has 0 heterocycles. The molecule has 0 aliphatic heterocycles. The smallest absolute Gasteiger partial charge is 1.00 e. The normalized spacial score (nSPS) is 9.67. The zero-order valence-electron chi connectivity index (χ0n) is 8.24. The molecule has 0 rings (SSSR count). The van der Waals surface area contributed by atoms with Gasteiger partial charge in [-0.25, -0.2) is 0 Å². The van der Waals surface area contributed by atoms with Gasteiger partial charge in [0.2, 0.25) is 0 Å². The Balaban J connectivity index is -0.0000000178. The van der Waals surface area contributed by atoms with Crippen LogP contribution in [0.2, 0.25) is 0 Å². The van der Waals surface area contributed by atoms with Crippen molar-refractivity contribution < 1.29 is 110 Å². The largest absolute Gasteiger partial charge is 1.00 e. The molecule has 68 valence electrons. The van der Waals surface area contributed by atoms with Crippen molar-refractivity contribution in [3.63, 3.8) is 0 Å². The molecule has 0 saturated carbocycles. The maximum Gasteiger partial charge on any atom is 1.00 e. The minimum atomic E-state index is -3.83. The summed E-state index contributed by atoms with van der Waals surface area (Å²) in [5.41, 5.74) is 0. The van der Waals surface area contributed by atoms with Gasteiger partial charge < -0.3 is 2.85 Å².